The third kappa shape index (κ3) is 5.02. The average Bonchev–Trinajstić information content (AvgIpc) is 2.60. The molecular formula is C19H23NO3. The predicted molar refractivity (Wildman–Crippen MR) is 91.0 cm³/mol. The maximum atomic E-state index is 12.0. The van der Waals surface area contributed by atoms with Crippen molar-refractivity contribution in [3.63, 3.8) is 0 Å². The van der Waals surface area contributed by atoms with E-state index in [1.165, 1.54) is 5.56 Å². The molecule has 0 fully saturated rings. The first-order valence-corrected chi connectivity index (χ1v) is 7.75. The van der Waals surface area contributed by atoms with Crippen LogP contribution < -0.4 is 14.8 Å². The van der Waals surface area contributed by atoms with Gasteiger partial charge in [-0.25, -0.2) is 0 Å². The molecule has 0 saturated carbocycles. The predicted octanol–water partition coefficient (Wildman–Crippen LogP) is 3.00. The Bertz CT molecular complexity index is 604. The second-order valence-corrected chi connectivity index (χ2v) is 5.23. The summed E-state index contributed by atoms with van der Waals surface area (Å²) >= 11 is 0. The van der Waals surface area contributed by atoms with Crippen LogP contribution in [0.5, 0.6) is 11.5 Å². The molecule has 2 aromatic carbocycles. The Hall–Kier alpha value is -2.49. The first kappa shape index (κ1) is 16.9. The lowest BCUT2D eigenvalue weighted by molar-refractivity contribution is -0.121. The molecule has 0 aliphatic rings. The Balaban J connectivity index is 1.82. The van der Waals surface area contributed by atoms with Crippen molar-refractivity contribution in [3.05, 3.63) is 59.7 Å². The van der Waals surface area contributed by atoms with Crippen molar-refractivity contribution in [2.24, 2.45) is 0 Å². The highest BCUT2D eigenvalue weighted by Gasteiger charge is 2.11. The van der Waals surface area contributed by atoms with Gasteiger partial charge in [0.1, 0.15) is 11.5 Å². The summed E-state index contributed by atoms with van der Waals surface area (Å²) in [5.74, 6) is 1.54. The van der Waals surface area contributed by atoms with Gasteiger partial charge in [-0.1, -0.05) is 36.4 Å². The molecule has 0 unspecified atom stereocenters. The van der Waals surface area contributed by atoms with Crippen molar-refractivity contribution in [2.75, 3.05) is 20.8 Å². The lowest BCUT2D eigenvalue weighted by Crippen LogP contribution is -2.25. The summed E-state index contributed by atoms with van der Waals surface area (Å²) in [5, 5.41) is 2.96. The fraction of sp³-hybridized carbons (Fsp3) is 0.316. The van der Waals surface area contributed by atoms with E-state index in [4.69, 9.17) is 9.47 Å². The highest BCUT2D eigenvalue weighted by molar-refractivity contribution is 5.76. The molecule has 0 radical (unpaired) electrons. The van der Waals surface area contributed by atoms with Crippen LogP contribution in [-0.2, 0) is 17.6 Å². The van der Waals surface area contributed by atoms with Crippen LogP contribution in [0.25, 0.3) is 0 Å². The number of carbonyl (C=O) groups excluding carboxylic acids is 1. The minimum atomic E-state index is 0.0360. The van der Waals surface area contributed by atoms with Gasteiger partial charge in [0, 0.05) is 18.5 Å². The third-order valence-corrected chi connectivity index (χ3v) is 3.71. The van der Waals surface area contributed by atoms with Crippen LogP contribution in [0.3, 0.4) is 0 Å². The summed E-state index contributed by atoms with van der Waals surface area (Å²) in [4.78, 5) is 12.0. The second kappa shape index (κ2) is 8.83. The Morgan fingerprint density at radius 3 is 2.17 bits per heavy atom. The molecule has 0 spiro atoms. The summed E-state index contributed by atoms with van der Waals surface area (Å²) in [7, 11) is 3.25. The molecule has 2 rings (SSSR count). The van der Waals surface area contributed by atoms with Gasteiger partial charge in [0.25, 0.3) is 0 Å². The normalized spacial score (nSPS) is 10.2. The first-order chi connectivity index (χ1) is 11.2. The van der Waals surface area contributed by atoms with E-state index in [1.807, 2.05) is 36.4 Å². The Kier molecular flexibility index (Phi) is 6.48. The molecule has 0 bridgehead atoms. The SMILES string of the molecule is COc1cccc(OC)c1CCC(=O)NCCc1ccccc1. The minimum absolute atomic E-state index is 0.0360. The fourth-order valence-corrected chi connectivity index (χ4v) is 2.49. The van der Waals surface area contributed by atoms with Gasteiger partial charge in [-0.2, -0.15) is 0 Å². The van der Waals surface area contributed by atoms with Crippen molar-refractivity contribution < 1.29 is 14.3 Å². The summed E-state index contributed by atoms with van der Waals surface area (Å²) in [6, 6.07) is 15.8. The van der Waals surface area contributed by atoms with E-state index in [2.05, 4.69) is 17.4 Å². The highest BCUT2D eigenvalue weighted by Crippen LogP contribution is 2.29. The Morgan fingerprint density at radius 2 is 1.57 bits per heavy atom. The van der Waals surface area contributed by atoms with Crippen LogP contribution in [-0.4, -0.2) is 26.7 Å². The molecule has 0 atom stereocenters. The lowest BCUT2D eigenvalue weighted by atomic mass is 10.1. The van der Waals surface area contributed by atoms with Gasteiger partial charge in [0.2, 0.25) is 5.91 Å². The molecule has 23 heavy (non-hydrogen) atoms. The number of methoxy groups -OCH3 is 2. The smallest absolute Gasteiger partial charge is 0.220 e. The Labute approximate surface area is 137 Å². The van der Waals surface area contributed by atoms with Crippen molar-refractivity contribution in [3.8, 4) is 11.5 Å². The monoisotopic (exact) mass is 313 g/mol. The molecule has 0 aliphatic heterocycles. The van der Waals surface area contributed by atoms with E-state index in [9.17, 15) is 4.79 Å². The van der Waals surface area contributed by atoms with Gasteiger partial charge >= 0.3 is 0 Å². The van der Waals surface area contributed by atoms with Crippen molar-refractivity contribution >= 4 is 5.91 Å². The number of amides is 1. The summed E-state index contributed by atoms with van der Waals surface area (Å²) in [6.45, 7) is 0.645. The van der Waals surface area contributed by atoms with E-state index in [1.54, 1.807) is 14.2 Å². The molecule has 2 aromatic rings. The quantitative estimate of drug-likeness (QED) is 0.815. The van der Waals surface area contributed by atoms with E-state index in [-0.39, 0.29) is 5.91 Å². The zero-order chi connectivity index (χ0) is 16.5. The third-order valence-electron chi connectivity index (χ3n) is 3.71. The van der Waals surface area contributed by atoms with Gasteiger partial charge in [0.05, 0.1) is 14.2 Å². The standard InChI is InChI=1S/C19H23NO3/c1-22-17-9-6-10-18(23-2)16(17)11-12-19(21)20-14-13-15-7-4-3-5-8-15/h3-10H,11-14H2,1-2H3,(H,20,21). The lowest BCUT2D eigenvalue weighted by Gasteiger charge is -2.13. The molecule has 0 saturated heterocycles. The maximum Gasteiger partial charge on any atom is 0.220 e. The Morgan fingerprint density at radius 1 is 0.913 bits per heavy atom. The number of benzene rings is 2. The molecule has 4 heteroatoms. The van der Waals surface area contributed by atoms with Gasteiger partial charge in [-0.15, -0.1) is 0 Å². The van der Waals surface area contributed by atoms with Gasteiger partial charge in [-0.3, -0.25) is 4.79 Å². The molecule has 1 N–H and O–H groups in total. The van der Waals surface area contributed by atoms with Crippen LogP contribution in [0.4, 0.5) is 0 Å². The van der Waals surface area contributed by atoms with Crippen molar-refractivity contribution in [1.29, 1.82) is 0 Å². The molecule has 0 aliphatic carbocycles. The van der Waals surface area contributed by atoms with Crippen LogP contribution >= 0.6 is 0 Å². The summed E-state index contributed by atoms with van der Waals surface area (Å²) < 4.78 is 10.7. The zero-order valence-corrected chi connectivity index (χ0v) is 13.7. The number of hydrogen-bond donors (Lipinski definition) is 1. The van der Waals surface area contributed by atoms with E-state index in [0.717, 1.165) is 23.5 Å². The number of carbonyl (C=O) groups is 1. The first-order valence-electron chi connectivity index (χ1n) is 7.75. The maximum absolute atomic E-state index is 12.0. The number of ether oxygens (including phenoxy) is 2. The number of hydrogen-bond acceptors (Lipinski definition) is 3. The highest BCUT2D eigenvalue weighted by atomic mass is 16.5. The molecule has 0 heterocycles. The molecule has 4 nitrogen and oxygen atoms in total. The zero-order valence-electron chi connectivity index (χ0n) is 13.7. The summed E-state index contributed by atoms with van der Waals surface area (Å²) in [6.07, 6.45) is 1.83. The van der Waals surface area contributed by atoms with Crippen molar-refractivity contribution in [2.45, 2.75) is 19.3 Å². The van der Waals surface area contributed by atoms with Gasteiger partial charge < -0.3 is 14.8 Å². The van der Waals surface area contributed by atoms with E-state index >= 15 is 0 Å². The van der Waals surface area contributed by atoms with Crippen LogP contribution in [0, 0.1) is 0 Å². The number of rotatable bonds is 8. The van der Waals surface area contributed by atoms with Crippen LogP contribution in [0.1, 0.15) is 17.5 Å². The van der Waals surface area contributed by atoms with Crippen LogP contribution in [0.2, 0.25) is 0 Å². The van der Waals surface area contributed by atoms with Gasteiger partial charge in [-0.05, 0) is 30.5 Å². The molecule has 1 amide bonds. The van der Waals surface area contributed by atoms with E-state index in [0.29, 0.717) is 19.4 Å². The minimum Gasteiger partial charge on any atom is -0.496 e. The largest absolute Gasteiger partial charge is 0.496 e. The van der Waals surface area contributed by atoms with Crippen molar-refractivity contribution in [1.82, 2.24) is 5.32 Å². The van der Waals surface area contributed by atoms with Crippen LogP contribution in [0.15, 0.2) is 48.5 Å². The number of nitrogens with one attached hydrogen (secondary N) is 1. The molecular weight excluding hydrogens is 290 g/mol. The summed E-state index contributed by atoms with van der Waals surface area (Å²) in [5.41, 5.74) is 2.15. The second-order valence-electron chi connectivity index (χ2n) is 5.23. The fourth-order valence-electron chi connectivity index (χ4n) is 2.49. The average molecular weight is 313 g/mol. The van der Waals surface area contributed by atoms with E-state index < -0.39 is 0 Å². The molecule has 0 aromatic heterocycles. The topological polar surface area (TPSA) is 47.6 Å². The van der Waals surface area contributed by atoms with Gasteiger partial charge in [0.15, 0.2) is 0 Å². The molecule has 122 valence electrons.